The monoisotopic (exact) mass is 342 g/mol. The van der Waals surface area contributed by atoms with Gasteiger partial charge < -0.3 is 0 Å². The van der Waals surface area contributed by atoms with Gasteiger partial charge in [0, 0.05) is 42.0 Å². The second-order valence-electron chi connectivity index (χ2n) is 6.22. The third-order valence-corrected chi connectivity index (χ3v) is 4.39. The maximum absolute atomic E-state index is 13.0. The minimum atomic E-state index is -0.223. The zero-order chi connectivity index (χ0) is 17.8. The normalized spacial score (nSPS) is 10.7. The molecule has 0 fully saturated rings. The standard InChI is InChI=1S/C23H19FN2/c24-22-6-8-23(9-7-22)26-16-12-21(13-17-26)20-10-14-25(15-11-20)18-19-4-2-1-3-5-19/h1-17H,18H2/q+2. The molecule has 26 heavy (non-hydrogen) atoms. The van der Waals surface area contributed by atoms with Gasteiger partial charge in [-0.1, -0.05) is 30.3 Å². The highest BCUT2D eigenvalue weighted by Crippen LogP contribution is 2.16. The van der Waals surface area contributed by atoms with Crippen LogP contribution in [-0.2, 0) is 6.54 Å². The van der Waals surface area contributed by atoms with Crippen LogP contribution in [0.3, 0.4) is 0 Å². The summed E-state index contributed by atoms with van der Waals surface area (Å²) in [6.07, 6.45) is 8.19. The average Bonchev–Trinajstić information content (AvgIpc) is 2.70. The molecule has 0 aliphatic rings. The van der Waals surface area contributed by atoms with E-state index in [1.165, 1.54) is 23.3 Å². The van der Waals surface area contributed by atoms with Crippen molar-refractivity contribution in [1.82, 2.24) is 0 Å². The summed E-state index contributed by atoms with van der Waals surface area (Å²) in [5.74, 6) is -0.223. The number of pyridine rings is 2. The van der Waals surface area contributed by atoms with Crippen LogP contribution in [-0.4, -0.2) is 0 Å². The van der Waals surface area contributed by atoms with Crippen LogP contribution >= 0.6 is 0 Å². The molecule has 3 heteroatoms. The zero-order valence-electron chi connectivity index (χ0n) is 14.3. The molecule has 2 aromatic carbocycles. The third kappa shape index (κ3) is 3.67. The van der Waals surface area contributed by atoms with Gasteiger partial charge in [0.25, 0.3) is 0 Å². The van der Waals surface area contributed by atoms with Gasteiger partial charge >= 0.3 is 0 Å². The first-order valence-electron chi connectivity index (χ1n) is 8.59. The maximum Gasteiger partial charge on any atom is 0.210 e. The summed E-state index contributed by atoms with van der Waals surface area (Å²) in [7, 11) is 0. The van der Waals surface area contributed by atoms with E-state index in [4.69, 9.17) is 0 Å². The molecule has 2 nitrogen and oxygen atoms in total. The van der Waals surface area contributed by atoms with Crippen LogP contribution in [0.4, 0.5) is 4.39 Å². The third-order valence-electron chi connectivity index (χ3n) is 4.39. The van der Waals surface area contributed by atoms with E-state index in [1.807, 2.05) is 23.0 Å². The van der Waals surface area contributed by atoms with Crippen molar-refractivity contribution in [3.05, 3.63) is 115 Å². The summed E-state index contributed by atoms with van der Waals surface area (Å²) in [4.78, 5) is 0. The van der Waals surface area contributed by atoms with Crippen LogP contribution in [0.15, 0.2) is 104 Å². The highest BCUT2D eigenvalue weighted by Gasteiger charge is 2.08. The highest BCUT2D eigenvalue weighted by atomic mass is 19.1. The fourth-order valence-corrected chi connectivity index (χ4v) is 2.95. The zero-order valence-corrected chi connectivity index (χ0v) is 14.3. The SMILES string of the molecule is Fc1ccc(-[n+]2ccc(-c3cc[n+](Cc4ccccc4)cc3)cc2)cc1. The molecular formula is C23H19FN2+2. The van der Waals surface area contributed by atoms with Crippen LogP contribution in [0.25, 0.3) is 16.8 Å². The van der Waals surface area contributed by atoms with Gasteiger partial charge in [0.2, 0.25) is 5.69 Å². The molecule has 126 valence electrons. The van der Waals surface area contributed by atoms with Crippen molar-refractivity contribution in [3.8, 4) is 16.8 Å². The fraction of sp³-hybridized carbons (Fsp3) is 0.0435. The Balaban J connectivity index is 1.51. The predicted molar refractivity (Wildman–Crippen MR) is 99.1 cm³/mol. The van der Waals surface area contributed by atoms with Crippen molar-refractivity contribution >= 4 is 0 Å². The molecule has 0 radical (unpaired) electrons. The van der Waals surface area contributed by atoms with Crippen molar-refractivity contribution in [2.24, 2.45) is 0 Å². The number of hydrogen-bond acceptors (Lipinski definition) is 0. The predicted octanol–water partition coefficient (Wildman–Crippen LogP) is 4.11. The Hall–Kier alpha value is -3.33. The molecule has 0 bridgehead atoms. The molecule has 0 atom stereocenters. The highest BCUT2D eigenvalue weighted by molar-refractivity contribution is 5.61. The molecule has 0 unspecified atom stereocenters. The van der Waals surface area contributed by atoms with Gasteiger partial charge in [0.1, 0.15) is 5.82 Å². The number of hydrogen-bond donors (Lipinski definition) is 0. The molecule has 2 aromatic heterocycles. The summed E-state index contributed by atoms with van der Waals surface area (Å²) in [6.45, 7) is 0.862. The van der Waals surface area contributed by atoms with Crippen molar-refractivity contribution in [3.63, 3.8) is 0 Å². The second kappa shape index (κ2) is 7.28. The van der Waals surface area contributed by atoms with Crippen LogP contribution in [0.5, 0.6) is 0 Å². The van der Waals surface area contributed by atoms with Crippen LogP contribution < -0.4 is 9.13 Å². The molecule has 0 spiro atoms. The summed E-state index contributed by atoms with van der Waals surface area (Å²) in [5.41, 5.74) is 4.54. The molecule has 0 aliphatic carbocycles. The van der Waals surface area contributed by atoms with Crippen LogP contribution in [0, 0.1) is 5.82 Å². The molecule has 0 saturated carbocycles. The summed E-state index contributed by atoms with van der Waals surface area (Å²) in [5, 5.41) is 0. The van der Waals surface area contributed by atoms with Crippen LogP contribution in [0.2, 0.25) is 0 Å². The topological polar surface area (TPSA) is 7.76 Å². The van der Waals surface area contributed by atoms with Gasteiger partial charge in [-0.25, -0.2) is 8.96 Å². The Labute approximate surface area is 152 Å². The molecular weight excluding hydrogens is 323 g/mol. The van der Waals surface area contributed by atoms with Crippen molar-refractivity contribution < 1.29 is 13.5 Å². The number of benzene rings is 2. The van der Waals surface area contributed by atoms with E-state index in [0.717, 1.165) is 17.8 Å². The average molecular weight is 342 g/mol. The smallest absolute Gasteiger partial charge is 0.207 e. The van der Waals surface area contributed by atoms with E-state index >= 15 is 0 Å². The van der Waals surface area contributed by atoms with E-state index in [0.29, 0.717) is 0 Å². The van der Waals surface area contributed by atoms with Gasteiger partial charge in [-0.15, -0.1) is 0 Å². The quantitative estimate of drug-likeness (QED) is 0.493. The molecule has 2 heterocycles. The summed E-state index contributed by atoms with van der Waals surface area (Å²) >= 11 is 0. The van der Waals surface area contributed by atoms with Crippen molar-refractivity contribution in [2.45, 2.75) is 6.54 Å². The Bertz CT molecular complexity index is 977. The van der Waals surface area contributed by atoms with Gasteiger partial charge in [0.15, 0.2) is 31.3 Å². The Morgan fingerprint density at radius 3 is 1.81 bits per heavy atom. The Morgan fingerprint density at radius 2 is 1.19 bits per heavy atom. The molecule has 0 amide bonds. The Morgan fingerprint density at radius 1 is 0.615 bits per heavy atom. The number of rotatable bonds is 4. The van der Waals surface area contributed by atoms with Crippen LogP contribution in [0.1, 0.15) is 5.56 Å². The van der Waals surface area contributed by atoms with E-state index < -0.39 is 0 Å². The lowest BCUT2D eigenvalue weighted by molar-refractivity contribution is -0.688. The van der Waals surface area contributed by atoms with E-state index in [2.05, 4.69) is 65.5 Å². The fourth-order valence-electron chi connectivity index (χ4n) is 2.95. The minimum absolute atomic E-state index is 0.223. The van der Waals surface area contributed by atoms with E-state index in [1.54, 1.807) is 12.1 Å². The summed E-state index contributed by atoms with van der Waals surface area (Å²) < 4.78 is 17.2. The lowest BCUT2D eigenvalue weighted by atomic mass is 10.1. The van der Waals surface area contributed by atoms with Crippen molar-refractivity contribution in [1.29, 1.82) is 0 Å². The summed E-state index contributed by atoms with van der Waals surface area (Å²) in [6, 6.07) is 25.3. The molecule has 0 N–H and O–H groups in total. The van der Waals surface area contributed by atoms with Gasteiger partial charge in [-0.3, -0.25) is 0 Å². The van der Waals surface area contributed by atoms with Gasteiger partial charge in [-0.2, -0.15) is 4.57 Å². The number of nitrogens with zero attached hydrogens (tertiary/aromatic N) is 2. The second-order valence-corrected chi connectivity index (χ2v) is 6.22. The Kier molecular flexibility index (Phi) is 4.52. The number of aromatic nitrogens is 2. The molecule has 4 aromatic rings. The first-order valence-corrected chi connectivity index (χ1v) is 8.59. The lowest BCUT2D eigenvalue weighted by Crippen LogP contribution is -2.33. The van der Waals surface area contributed by atoms with E-state index in [-0.39, 0.29) is 5.82 Å². The van der Waals surface area contributed by atoms with Gasteiger partial charge in [0.05, 0.1) is 0 Å². The molecule has 0 aliphatic heterocycles. The lowest BCUT2D eigenvalue weighted by Gasteiger charge is -2.02. The largest absolute Gasteiger partial charge is 0.210 e. The minimum Gasteiger partial charge on any atom is -0.207 e. The first kappa shape index (κ1) is 16.2. The maximum atomic E-state index is 13.0. The van der Waals surface area contributed by atoms with E-state index in [9.17, 15) is 4.39 Å². The first-order chi connectivity index (χ1) is 12.8. The van der Waals surface area contributed by atoms with Gasteiger partial charge in [-0.05, 0) is 23.3 Å². The number of halogens is 1. The molecule has 4 rings (SSSR count). The van der Waals surface area contributed by atoms with Crippen molar-refractivity contribution in [2.75, 3.05) is 0 Å². The molecule has 0 saturated heterocycles.